The van der Waals surface area contributed by atoms with Crippen LogP contribution in [0.4, 0.5) is 5.82 Å². The highest BCUT2D eigenvalue weighted by atomic mass is 16.5. The molecule has 20 heavy (non-hydrogen) atoms. The molecule has 2 heterocycles. The lowest BCUT2D eigenvalue weighted by atomic mass is 10.1. The molecule has 0 bridgehead atoms. The van der Waals surface area contributed by atoms with Crippen LogP contribution in [0.15, 0.2) is 12.3 Å². The van der Waals surface area contributed by atoms with Crippen LogP contribution in [-0.2, 0) is 11.3 Å². The quantitative estimate of drug-likeness (QED) is 0.763. The maximum Gasteiger partial charge on any atom is 0.131 e. The Hall–Kier alpha value is -1.17. The molecule has 112 valence electrons. The van der Waals surface area contributed by atoms with Gasteiger partial charge in [0.25, 0.3) is 0 Å². The van der Waals surface area contributed by atoms with Gasteiger partial charge < -0.3 is 20.1 Å². The Morgan fingerprint density at radius 3 is 3.10 bits per heavy atom. The third-order valence-electron chi connectivity index (χ3n) is 3.57. The number of nitrogens with one attached hydrogen (secondary N) is 1. The van der Waals surface area contributed by atoms with E-state index in [4.69, 9.17) is 4.74 Å². The van der Waals surface area contributed by atoms with Gasteiger partial charge in [0, 0.05) is 19.3 Å². The molecule has 0 saturated carbocycles. The Labute approximate surface area is 121 Å². The van der Waals surface area contributed by atoms with E-state index in [0.29, 0.717) is 13.2 Å². The number of morpholine rings is 1. The molecule has 0 aliphatic carbocycles. The Bertz CT molecular complexity index is 426. The third-order valence-corrected chi connectivity index (χ3v) is 3.57. The van der Waals surface area contributed by atoms with E-state index in [0.717, 1.165) is 37.4 Å². The summed E-state index contributed by atoms with van der Waals surface area (Å²) in [5, 5.41) is 12.8. The first-order valence-corrected chi connectivity index (χ1v) is 7.37. The van der Waals surface area contributed by atoms with Gasteiger partial charge in [0.15, 0.2) is 0 Å². The van der Waals surface area contributed by atoms with Crippen molar-refractivity contribution in [3.8, 4) is 0 Å². The molecule has 1 saturated heterocycles. The number of anilines is 1. The van der Waals surface area contributed by atoms with Crippen molar-refractivity contribution in [1.82, 2.24) is 10.3 Å². The molecule has 1 aromatic rings. The SMILES string of the molecule is CCCNCc1cnc(N2CCOCC2CO)c(C)c1. The average Bonchev–Trinajstić information content (AvgIpc) is 2.48. The fourth-order valence-electron chi connectivity index (χ4n) is 2.52. The monoisotopic (exact) mass is 279 g/mol. The number of aryl methyl sites for hydroxylation is 1. The van der Waals surface area contributed by atoms with E-state index in [1.54, 1.807) is 0 Å². The number of aromatic nitrogens is 1. The number of nitrogens with zero attached hydrogens (tertiary/aromatic N) is 2. The third kappa shape index (κ3) is 3.69. The average molecular weight is 279 g/mol. The number of ether oxygens (including phenoxy) is 1. The van der Waals surface area contributed by atoms with Crippen molar-refractivity contribution >= 4 is 5.82 Å². The first-order chi connectivity index (χ1) is 9.76. The molecule has 1 unspecified atom stereocenters. The molecule has 1 atom stereocenters. The smallest absolute Gasteiger partial charge is 0.131 e. The maximum atomic E-state index is 9.45. The molecule has 5 heteroatoms. The van der Waals surface area contributed by atoms with Gasteiger partial charge in [-0.25, -0.2) is 4.98 Å². The van der Waals surface area contributed by atoms with Crippen LogP contribution in [0.5, 0.6) is 0 Å². The van der Waals surface area contributed by atoms with Gasteiger partial charge in [0.2, 0.25) is 0 Å². The minimum Gasteiger partial charge on any atom is -0.394 e. The summed E-state index contributed by atoms with van der Waals surface area (Å²) in [5.74, 6) is 0.964. The van der Waals surface area contributed by atoms with Crippen molar-refractivity contribution in [2.45, 2.75) is 32.9 Å². The lowest BCUT2D eigenvalue weighted by molar-refractivity contribution is 0.0722. The van der Waals surface area contributed by atoms with E-state index < -0.39 is 0 Å². The Morgan fingerprint density at radius 2 is 2.40 bits per heavy atom. The Kier molecular flexibility index (Phi) is 5.76. The van der Waals surface area contributed by atoms with Crippen molar-refractivity contribution < 1.29 is 9.84 Å². The van der Waals surface area contributed by atoms with Gasteiger partial charge in [-0.2, -0.15) is 0 Å². The van der Waals surface area contributed by atoms with E-state index in [9.17, 15) is 5.11 Å². The van der Waals surface area contributed by atoms with Gasteiger partial charge in [0.05, 0.1) is 25.9 Å². The second-order valence-corrected chi connectivity index (χ2v) is 5.27. The van der Waals surface area contributed by atoms with Crippen molar-refractivity contribution in [2.75, 3.05) is 37.8 Å². The predicted molar refractivity (Wildman–Crippen MR) is 80.0 cm³/mol. The summed E-state index contributed by atoms with van der Waals surface area (Å²) in [6.07, 6.45) is 3.06. The van der Waals surface area contributed by atoms with E-state index >= 15 is 0 Å². The topological polar surface area (TPSA) is 57.6 Å². The standard InChI is InChI=1S/C15H25N3O2/c1-3-4-16-8-13-7-12(2)15(17-9-13)18-5-6-20-11-14(18)10-19/h7,9,14,16,19H,3-6,8,10-11H2,1-2H3. The maximum absolute atomic E-state index is 9.45. The highest BCUT2D eigenvalue weighted by Gasteiger charge is 2.24. The Balaban J connectivity index is 2.08. The van der Waals surface area contributed by atoms with Crippen LogP contribution in [-0.4, -0.2) is 49.0 Å². The Morgan fingerprint density at radius 1 is 1.55 bits per heavy atom. The van der Waals surface area contributed by atoms with Gasteiger partial charge in [-0.05, 0) is 37.1 Å². The van der Waals surface area contributed by atoms with E-state index in [1.807, 2.05) is 6.20 Å². The van der Waals surface area contributed by atoms with Crippen LogP contribution in [0, 0.1) is 6.92 Å². The molecular formula is C15H25N3O2. The van der Waals surface area contributed by atoms with E-state index in [1.165, 1.54) is 5.56 Å². The molecule has 0 spiro atoms. The minimum absolute atomic E-state index is 0.0130. The zero-order valence-electron chi connectivity index (χ0n) is 12.4. The molecule has 1 aliphatic rings. The van der Waals surface area contributed by atoms with Crippen LogP contribution < -0.4 is 10.2 Å². The normalized spacial score (nSPS) is 19.4. The number of rotatable bonds is 6. The van der Waals surface area contributed by atoms with Gasteiger partial charge in [-0.15, -0.1) is 0 Å². The number of hydrogen-bond acceptors (Lipinski definition) is 5. The fourth-order valence-corrected chi connectivity index (χ4v) is 2.52. The van der Waals surface area contributed by atoms with Gasteiger partial charge in [0.1, 0.15) is 5.82 Å². The fraction of sp³-hybridized carbons (Fsp3) is 0.667. The number of aliphatic hydroxyl groups is 1. The highest BCUT2D eigenvalue weighted by molar-refractivity contribution is 5.48. The molecule has 0 radical (unpaired) electrons. The summed E-state index contributed by atoms with van der Waals surface area (Å²) in [4.78, 5) is 6.75. The largest absolute Gasteiger partial charge is 0.394 e. The molecule has 1 fully saturated rings. The molecule has 1 aliphatic heterocycles. The summed E-state index contributed by atoms with van der Waals surface area (Å²) in [7, 11) is 0. The molecule has 2 rings (SSSR count). The molecule has 1 aromatic heterocycles. The zero-order chi connectivity index (χ0) is 14.4. The lowest BCUT2D eigenvalue weighted by Gasteiger charge is -2.36. The van der Waals surface area contributed by atoms with Gasteiger partial charge >= 0.3 is 0 Å². The van der Waals surface area contributed by atoms with Crippen molar-refractivity contribution in [1.29, 1.82) is 0 Å². The number of aliphatic hydroxyl groups excluding tert-OH is 1. The van der Waals surface area contributed by atoms with Gasteiger partial charge in [-0.1, -0.05) is 6.92 Å². The van der Waals surface area contributed by atoms with Crippen LogP contribution in [0.3, 0.4) is 0 Å². The van der Waals surface area contributed by atoms with Crippen molar-refractivity contribution in [3.05, 3.63) is 23.4 Å². The summed E-state index contributed by atoms with van der Waals surface area (Å²) in [6, 6.07) is 2.19. The first-order valence-electron chi connectivity index (χ1n) is 7.37. The first kappa shape index (κ1) is 15.2. The molecule has 2 N–H and O–H groups in total. The molecule has 0 aromatic carbocycles. The van der Waals surface area contributed by atoms with Crippen LogP contribution >= 0.6 is 0 Å². The molecule has 5 nitrogen and oxygen atoms in total. The number of hydrogen-bond donors (Lipinski definition) is 2. The van der Waals surface area contributed by atoms with E-state index in [-0.39, 0.29) is 12.6 Å². The minimum atomic E-state index is 0.0130. The molecule has 0 amide bonds. The zero-order valence-corrected chi connectivity index (χ0v) is 12.4. The summed E-state index contributed by atoms with van der Waals surface area (Å²) in [6.45, 7) is 8.26. The van der Waals surface area contributed by atoms with Crippen molar-refractivity contribution in [2.24, 2.45) is 0 Å². The highest BCUT2D eigenvalue weighted by Crippen LogP contribution is 2.22. The van der Waals surface area contributed by atoms with Crippen LogP contribution in [0.25, 0.3) is 0 Å². The predicted octanol–water partition coefficient (Wildman–Crippen LogP) is 1.09. The number of pyridine rings is 1. The van der Waals surface area contributed by atoms with E-state index in [2.05, 4.69) is 35.1 Å². The van der Waals surface area contributed by atoms with Crippen molar-refractivity contribution in [3.63, 3.8) is 0 Å². The molecular weight excluding hydrogens is 254 g/mol. The summed E-state index contributed by atoms with van der Waals surface area (Å²) < 4.78 is 5.41. The summed E-state index contributed by atoms with van der Waals surface area (Å²) in [5.41, 5.74) is 2.36. The summed E-state index contributed by atoms with van der Waals surface area (Å²) >= 11 is 0. The van der Waals surface area contributed by atoms with Crippen LogP contribution in [0.1, 0.15) is 24.5 Å². The van der Waals surface area contributed by atoms with Crippen LogP contribution in [0.2, 0.25) is 0 Å². The van der Waals surface area contributed by atoms with Gasteiger partial charge in [-0.3, -0.25) is 0 Å². The second-order valence-electron chi connectivity index (χ2n) is 5.27. The second kappa shape index (κ2) is 7.57. The lowest BCUT2D eigenvalue weighted by Crippen LogP contribution is -2.48.